The van der Waals surface area contributed by atoms with E-state index in [1.54, 1.807) is 36.4 Å². The molecule has 0 saturated heterocycles. The van der Waals surface area contributed by atoms with Gasteiger partial charge in [0.2, 0.25) is 10.0 Å². The number of rotatable bonds is 9. The second-order valence-corrected chi connectivity index (χ2v) is 7.65. The molecular formula is C19H24N2O4S. The van der Waals surface area contributed by atoms with Crippen LogP contribution in [0.5, 0.6) is 5.75 Å². The van der Waals surface area contributed by atoms with E-state index in [9.17, 15) is 13.2 Å². The molecule has 0 heterocycles. The van der Waals surface area contributed by atoms with Crippen molar-refractivity contribution in [1.82, 2.24) is 10.0 Å². The lowest BCUT2D eigenvalue weighted by Gasteiger charge is -2.08. The molecule has 0 radical (unpaired) electrons. The lowest BCUT2D eigenvalue weighted by molar-refractivity contribution is 0.0951. The maximum absolute atomic E-state index is 12.2. The first-order valence-electron chi connectivity index (χ1n) is 8.50. The summed E-state index contributed by atoms with van der Waals surface area (Å²) in [5, 5.41) is 2.81. The van der Waals surface area contributed by atoms with E-state index in [1.165, 1.54) is 19.2 Å². The van der Waals surface area contributed by atoms with Gasteiger partial charge in [-0.2, -0.15) is 0 Å². The number of benzene rings is 2. The number of ether oxygens (including phenoxy) is 1. The van der Waals surface area contributed by atoms with Crippen LogP contribution < -0.4 is 14.8 Å². The third kappa shape index (κ3) is 5.57. The molecule has 0 fully saturated rings. The highest BCUT2D eigenvalue weighted by molar-refractivity contribution is 7.89. The first-order chi connectivity index (χ1) is 12.5. The Morgan fingerprint density at radius 3 is 2.27 bits per heavy atom. The van der Waals surface area contributed by atoms with Gasteiger partial charge in [0, 0.05) is 12.1 Å². The van der Waals surface area contributed by atoms with Crippen LogP contribution in [-0.2, 0) is 16.6 Å². The van der Waals surface area contributed by atoms with Gasteiger partial charge >= 0.3 is 0 Å². The SMILES string of the molecule is CCCCOc1ccc(C(=O)NCc2ccc(S(=O)(=O)NC)cc2)cc1. The van der Waals surface area contributed by atoms with Crippen molar-refractivity contribution < 1.29 is 17.9 Å². The molecule has 0 aliphatic rings. The summed E-state index contributed by atoms with van der Waals surface area (Å²) in [6.45, 7) is 3.08. The summed E-state index contributed by atoms with van der Waals surface area (Å²) in [7, 11) is -2.09. The van der Waals surface area contributed by atoms with Crippen molar-refractivity contribution in [3.63, 3.8) is 0 Å². The fourth-order valence-electron chi connectivity index (χ4n) is 2.23. The Labute approximate surface area is 154 Å². The molecule has 0 aromatic heterocycles. The summed E-state index contributed by atoms with van der Waals surface area (Å²) < 4.78 is 31.2. The first-order valence-corrected chi connectivity index (χ1v) is 9.98. The van der Waals surface area contributed by atoms with Crippen molar-refractivity contribution in [3.8, 4) is 5.75 Å². The van der Waals surface area contributed by atoms with Gasteiger partial charge in [0.1, 0.15) is 5.75 Å². The third-order valence-electron chi connectivity index (χ3n) is 3.84. The Morgan fingerprint density at radius 2 is 1.69 bits per heavy atom. The van der Waals surface area contributed by atoms with Crippen LogP contribution in [0, 0.1) is 0 Å². The van der Waals surface area contributed by atoms with Crippen molar-refractivity contribution in [1.29, 1.82) is 0 Å². The molecule has 2 aromatic rings. The fraction of sp³-hybridized carbons (Fsp3) is 0.316. The molecule has 0 atom stereocenters. The number of nitrogens with one attached hydrogen (secondary N) is 2. The average Bonchev–Trinajstić information content (AvgIpc) is 2.67. The van der Waals surface area contributed by atoms with Crippen LogP contribution in [0.1, 0.15) is 35.7 Å². The molecule has 0 bridgehead atoms. The Kier molecular flexibility index (Phi) is 7.17. The van der Waals surface area contributed by atoms with Crippen LogP contribution >= 0.6 is 0 Å². The summed E-state index contributed by atoms with van der Waals surface area (Å²) >= 11 is 0. The highest BCUT2D eigenvalue weighted by atomic mass is 32.2. The van der Waals surface area contributed by atoms with Crippen LogP contribution in [0.3, 0.4) is 0 Å². The summed E-state index contributed by atoms with van der Waals surface area (Å²) in [5.74, 6) is 0.549. The lowest BCUT2D eigenvalue weighted by Crippen LogP contribution is -2.23. The third-order valence-corrected chi connectivity index (χ3v) is 5.27. The minimum Gasteiger partial charge on any atom is -0.494 e. The zero-order valence-electron chi connectivity index (χ0n) is 15.0. The minimum atomic E-state index is -3.45. The van der Waals surface area contributed by atoms with Crippen molar-refractivity contribution in [2.45, 2.75) is 31.2 Å². The zero-order chi connectivity index (χ0) is 19.0. The Morgan fingerprint density at radius 1 is 1.04 bits per heavy atom. The Bertz CT molecular complexity index is 816. The van der Waals surface area contributed by atoms with Gasteiger partial charge in [0.05, 0.1) is 11.5 Å². The first kappa shape index (κ1) is 19.9. The highest BCUT2D eigenvalue weighted by Gasteiger charge is 2.11. The van der Waals surface area contributed by atoms with Crippen LogP contribution in [0.2, 0.25) is 0 Å². The fourth-order valence-corrected chi connectivity index (χ4v) is 2.96. The van der Waals surface area contributed by atoms with Crippen molar-refractivity contribution in [2.24, 2.45) is 0 Å². The second kappa shape index (κ2) is 9.35. The highest BCUT2D eigenvalue weighted by Crippen LogP contribution is 2.13. The quantitative estimate of drug-likeness (QED) is 0.659. The van der Waals surface area contributed by atoms with E-state index in [1.807, 2.05) is 0 Å². The molecule has 0 unspecified atom stereocenters. The van der Waals surface area contributed by atoms with E-state index >= 15 is 0 Å². The average molecular weight is 376 g/mol. The van der Waals surface area contributed by atoms with Crippen molar-refractivity contribution in [2.75, 3.05) is 13.7 Å². The minimum absolute atomic E-state index is 0.189. The monoisotopic (exact) mass is 376 g/mol. The van der Waals surface area contributed by atoms with E-state index in [2.05, 4.69) is 17.0 Å². The van der Waals surface area contributed by atoms with Gasteiger partial charge in [-0.15, -0.1) is 0 Å². The molecule has 2 N–H and O–H groups in total. The molecular weight excluding hydrogens is 352 g/mol. The predicted molar refractivity (Wildman–Crippen MR) is 101 cm³/mol. The number of hydrogen-bond acceptors (Lipinski definition) is 4. The maximum Gasteiger partial charge on any atom is 0.251 e. The van der Waals surface area contributed by atoms with Gasteiger partial charge in [0.25, 0.3) is 5.91 Å². The molecule has 2 aromatic carbocycles. The molecule has 0 saturated carbocycles. The molecule has 7 heteroatoms. The molecule has 0 spiro atoms. The molecule has 0 aliphatic carbocycles. The Hall–Kier alpha value is -2.38. The molecule has 1 amide bonds. The van der Waals surface area contributed by atoms with E-state index in [-0.39, 0.29) is 10.8 Å². The van der Waals surface area contributed by atoms with Crippen LogP contribution in [-0.4, -0.2) is 28.0 Å². The van der Waals surface area contributed by atoms with Gasteiger partial charge in [-0.3, -0.25) is 4.79 Å². The van der Waals surface area contributed by atoms with Crippen molar-refractivity contribution in [3.05, 3.63) is 59.7 Å². The predicted octanol–water partition coefficient (Wildman–Crippen LogP) is 2.70. The number of amides is 1. The zero-order valence-corrected chi connectivity index (χ0v) is 15.8. The molecule has 6 nitrogen and oxygen atoms in total. The Balaban J connectivity index is 1.90. The normalized spacial score (nSPS) is 11.2. The number of carbonyl (C=O) groups is 1. The van der Waals surface area contributed by atoms with Gasteiger partial charge in [-0.05, 0) is 55.4 Å². The smallest absolute Gasteiger partial charge is 0.251 e. The van der Waals surface area contributed by atoms with Crippen LogP contribution in [0.4, 0.5) is 0 Å². The standard InChI is InChI=1S/C19H24N2O4S/c1-3-4-13-25-17-9-7-16(8-10-17)19(22)21-14-15-5-11-18(12-6-15)26(23,24)20-2/h5-12,20H,3-4,13-14H2,1-2H3,(H,21,22). The maximum atomic E-state index is 12.2. The largest absolute Gasteiger partial charge is 0.494 e. The van der Waals surface area contributed by atoms with Gasteiger partial charge in [0.15, 0.2) is 0 Å². The number of sulfonamides is 1. The van der Waals surface area contributed by atoms with Crippen LogP contribution in [0.25, 0.3) is 0 Å². The number of unbranched alkanes of at least 4 members (excludes halogenated alkanes) is 1. The van der Waals surface area contributed by atoms with E-state index in [4.69, 9.17) is 4.74 Å². The topological polar surface area (TPSA) is 84.5 Å². The number of carbonyl (C=O) groups excluding carboxylic acids is 1. The van der Waals surface area contributed by atoms with Gasteiger partial charge in [-0.1, -0.05) is 25.5 Å². The van der Waals surface area contributed by atoms with E-state index in [0.717, 1.165) is 24.2 Å². The van der Waals surface area contributed by atoms with Gasteiger partial charge in [-0.25, -0.2) is 13.1 Å². The second-order valence-electron chi connectivity index (χ2n) is 5.76. The van der Waals surface area contributed by atoms with E-state index in [0.29, 0.717) is 18.7 Å². The molecule has 140 valence electrons. The summed E-state index contributed by atoms with van der Waals surface area (Å²) in [4.78, 5) is 12.4. The molecule has 2 rings (SSSR count). The van der Waals surface area contributed by atoms with Crippen LogP contribution in [0.15, 0.2) is 53.4 Å². The molecule has 0 aliphatic heterocycles. The number of hydrogen-bond donors (Lipinski definition) is 2. The lowest BCUT2D eigenvalue weighted by atomic mass is 10.2. The van der Waals surface area contributed by atoms with E-state index < -0.39 is 10.0 Å². The summed E-state index contributed by atoms with van der Waals surface area (Å²) in [6, 6.07) is 13.4. The molecule has 26 heavy (non-hydrogen) atoms. The van der Waals surface area contributed by atoms with Crippen molar-refractivity contribution >= 4 is 15.9 Å². The summed E-state index contributed by atoms with van der Waals surface area (Å²) in [6.07, 6.45) is 2.07. The summed E-state index contributed by atoms with van der Waals surface area (Å²) in [5.41, 5.74) is 1.36. The van der Waals surface area contributed by atoms with Gasteiger partial charge < -0.3 is 10.1 Å².